The van der Waals surface area contributed by atoms with Crippen LogP contribution < -0.4 is 0 Å². The molecule has 2 aliphatic heterocycles. The Kier molecular flexibility index (Phi) is 6.44. The van der Waals surface area contributed by atoms with E-state index in [1.165, 1.54) is 36.0 Å². The van der Waals surface area contributed by atoms with Gasteiger partial charge in [-0.25, -0.2) is 13.8 Å². The second kappa shape index (κ2) is 9.21. The van der Waals surface area contributed by atoms with Crippen molar-refractivity contribution in [1.29, 1.82) is 0 Å². The van der Waals surface area contributed by atoms with Crippen LogP contribution >= 0.6 is 11.8 Å². The molecule has 4 rings (SSSR count). The molecule has 2 aromatic carbocycles. The first-order valence-electron chi connectivity index (χ1n) is 9.66. The van der Waals surface area contributed by atoms with Gasteiger partial charge in [-0.05, 0) is 36.4 Å². The summed E-state index contributed by atoms with van der Waals surface area (Å²) in [6.07, 6.45) is 0. The number of rotatable bonds is 5. The molecule has 0 spiro atoms. The first-order valence-corrected chi connectivity index (χ1v) is 10.5. The molecule has 1 saturated heterocycles. The lowest BCUT2D eigenvalue weighted by atomic mass is 10.1. The molecule has 0 atom stereocenters. The summed E-state index contributed by atoms with van der Waals surface area (Å²) in [6, 6.07) is 9.23. The van der Waals surface area contributed by atoms with E-state index in [2.05, 4.69) is 9.80 Å². The van der Waals surface area contributed by atoms with Crippen LogP contribution in [0.25, 0.3) is 0 Å². The summed E-state index contributed by atoms with van der Waals surface area (Å²) in [5, 5.41) is 8.78. The molecule has 2 aromatic rings. The molecular formula is C21H23F2N3O2S. The van der Waals surface area contributed by atoms with E-state index in [0.29, 0.717) is 18.9 Å². The van der Waals surface area contributed by atoms with Crippen LogP contribution in [0.2, 0.25) is 0 Å². The van der Waals surface area contributed by atoms with E-state index in [4.69, 9.17) is 14.8 Å². The minimum absolute atomic E-state index is 0.0347. The number of aliphatic hydroxyl groups excluding tert-OH is 1. The number of nitrogens with zero attached hydrogens (tertiary/aromatic N) is 3. The van der Waals surface area contributed by atoms with Gasteiger partial charge < -0.3 is 14.7 Å². The fourth-order valence-electron chi connectivity index (χ4n) is 3.51. The highest BCUT2D eigenvalue weighted by Gasteiger charge is 2.26. The Labute approximate surface area is 173 Å². The molecule has 0 unspecified atom stereocenters. The second-order valence-electron chi connectivity index (χ2n) is 6.95. The van der Waals surface area contributed by atoms with Crippen LogP contribution in [-0.4, -0.2) is 73.3 Å². The van der Waals surface area contributed by atoms with E-state index in [9.17, 15) is 8.78 Å². The van der Waals surface area contributed by atoms with Crippen LogP contribution in [0, 0.1) is 11.6 Å². The number of aliphatic imine (C=N–C) groups is 1. The molecule has 2 aliphatic rings. The molecule has 0 aromatic heterocycles. The highest BCUT2D eigenvalue weighted by atomic mass is 32.2. The zero-order valence-corrected chi connectivity index (χ0v) is 16.8. The Hall–Kier alpha value is -2.00. The van der Waals surface area contributed by atoms with Gasteiger partial charge in [-0.1, -0.05) is 11.8 Å². The summed E-state index contributed by atoms with van der Waals surface area (Å²) >= 11 is 1.41. The van der Waals surface area contributed by atoms with Gasteiger partial charge in [0, 0.05) is 48.1 Å². The molecule has 0 aliphatic carbocycles. The number of ether oxygens (including phenoxy) is 1. The van der Waals surface area contributed by atoms with Crippen molar-refractivity contribution >= 4 is 23.3 Å². The fourth-order valence-corrected chi connectivity index (χ4v) is 4.53. The molecule has 1 N–H and O–H groups in total. The second-order valence-corrected chi connectivity index (χ2v) is 8.04. The van der Waals surface area contributed by atoms with Crippen molar-refractivity contribution < 1.29 is 18.6 Å². The minimum atomic E-state index is -0.311. The highest BCUT2D eigenvalue weighted by molar-refractivity contribution is 7.99. The van der Waals surface area contributed by atoms with E-state index in [1.807, 2.05) is 0 Å². The van der Waals surface area contributed by atoms with Gasteiger partial charge in [0.05, 0.1) is 25.5 Å². The van der Waals surface area contributed by atoms with Crippen molar-refractivity contribution in [2.75, 3.05) is 52.5 Å². The molecule has 0 amide bonds. The lowest BCUT2D eigenvalue weighted by Crippen LogP contribution is -2.49. The fraction of sp³-hybridized carbons (Fsp3) is 0.381. The number of fused-ring (bicyclic) bond motifs is 2. The molecule has 2 heterocycles. The standard InChI is InChI=1S/C21H23F2N3O2S/c22-15-2-4-19-17(13-15)21(24-18-3-1-16(23)14-20(18)29-19)26-7-5-25(6-8-26)9-11-28-12-10-27/h1-4,13-14,27H,5-12H2. The van der Waals surface area contributed by atoms with Crippen molar-refractivity contribution in [2.45, 2.75) is 9.79 Å². The molecule has 5 nitrogen and oxygen atoms in total. The molecule has 1 fully saturated rings. The lowest BCUT2D eigenvalue weighted by Gasteiger charge is -2.36. The Bertz CT molecular complexity index is 901. The summed E-state index contributed by atoms with van der Waals surface area (Å²) < 4.78 is 33.1. The van der Waals surface area contributed by atoms with Gasteiger partial charge in [0.1, 0.15) is 17.5 Å². The molecule has 0 saturated carbocycles. The third kappa shape index (κ3) is 4.78. The maximum atomic E-state index is 14.0. The van der Waals surface area contributed by atoms with Crippen molar-refractivity contribution in [1.82, 2.24) is 9.80 Å². The average molecular weight is 419 g/mol. The summed E-state index contributed by atoms with van der Waals surface area (Å²) in [5.74, 6) is 0.109. The van der Waals surface area contributed by atoms with Gasteiger partial charge in [0.2, 0.25) is 0 Å². The first kappa shape index (κ1) is 20.3. The van der Waals surface area contributed by atoms with E-state index < -0.39 is 0 Å². The van der Waals surface area contributed by atoms with Crippen molar-refractivity contribution in [2.24, 2.45) is 4.99 Å². The van der Waals surface area contributed by atoms with Gasteiger partial charge in [-0.15, -0.1) is 0 Å². The normalized spacial score (nSPS) is 16.8. The van der Waals surface area contributed by atoms with E-state index in [-0.39, 0.29) is 18.2 Å². The molecule has 29 heavy (non-hydrogen) atoms. The van der Waals surface area contributed by atoms with Crippen LogP contribution in [0.3, 0.4) is 0 Å². The molecule has 0 bridgehead atoms. The molecule has 154 valence electrons. The third-order valence-electron chi connectivity index (χ3n) is 5.01. The van der Waals surface area contributed by atoms with Crippen molar-refractivity contribution in [3.05, 3.63) is 53.6 Å². The Morgan fingerprint density at radius 1 is 0.966 bits per heavy atom. The van der Waals surface area contributed by atoms with Gasteiger partial charge in [0.25, 0.3) is 0 Å². The Balaban J connectivity index is 1.56. The average Bonchev–Trinajstić information content (AvgIpc) is 2.88. The topological polar surface area (TPSA) is 48.3 Å². The maximum absolute atomic E-state index is 14.0. The summed E-state index contributed by atoms with van der Waals surface area (Å²) in [5.41, 5.74) is 1.44. The number of halogens is 2. The van der Waals surface area contributed by atoms with Gasteiger partial charge >= 0.3 is 0 Å². The zero-order valence-electron chi connectivity index (χ0n) is 16.0. The quantitative estimate of drug-likeness (QED) is 0.755. The van der Waals surface area contributed by atoms with E-state index in [0.717, 1.165) is 53.9 Å². The monoisotopic (exact) mass is 419 g/mol. The Morgan fingerprint density at radius 3 is 2.52 bits per heavy atom. The van der Waals surface area contributed by atoms with Crippen LogP contribution in [0.1, 0.15) is 5.56 Å². The number of piperazine rings is 1. The van der Waals surface area contributed by atoms with Crippen LogP contribution in [0.15, 0.2) is 51.2 Å². The number of benzene rings is 2. The zero-order chi connectivity index (χ0) is 20.2. The summed E-state index contributed by atoms with van der Waals surface area (Å²) in [7, 11) is 0. The SMILES string of the molecule is OCCOCCN1CCN(C2=Nc3ccc(F)cc3Sc3ccc(F)cc32)CC1. The lowest BCUT2D eigenvalue weighted by molar-refractivity contribution is 0.0652. The maximum Gasteiger partial charge on any atom is 0.137 e. The van der Waals surface area contributed by atoms with E-state index >= 15 is 0 Å². The number of amidine groups is 1. The molecular weight excluding hydrogens is 396 g/mol. The van der Waals surface area contributed by atoms with E-state index in [1.54, 1.807) is 12.1 Å². The number of aliphatic hydroxyl groups is 1. The molecule has 0 radical (unpaired) electrons. The first-order chi connectivity index (χ1) is 14.1. The predicted octanol–water partition coefficient (Wildman–Crippen LogP) is 3.13. The number of hydrogen-bond donors (Lipinski definition) is 1. The van der Waals surface area contributed by atoms with Gasteiger partial charge in [-0.2, -0.15) is 0 Å². The largest absolute Gasteiger partial charge is 0.394 e. The van der Waals surface area contributed by atoms with Crippen LogP contribution in [0.5, 0.6) is 0 Å². The third-order valence-corrected chi connectivity index (χ3v) is 6.13. The number of hydrogen-bond acceptors (Lipinski definition) is 6. The molecule has 8 heteroatoms. The summed E-state index contributed by atoms with van der Waals surface area (Å²) in [6.45, 7) is 5.00. The minimum Gasteiger partial charge on any atom is -0.394 e. The predicted molar refractivity (Wildman–Crippen MR) is 109 cm³/mol. The Morgan fingerprint density at radius 2 is 1.72 bits per heavy atom. The smallest absolute Gasteiger partial charge is 0.137 e. The highest BCUT2D eigenvalue weighted by Crippen LogP contribution is 2.41. The summed E-state index contributed by atoms with van der Waals surface area (Å²) in [4.78, 5) is 10.9. The van der Waals surface area contributed by atoms with Crippen LogP contribution in [-0.2, 0) is 4.74 Å². The van der Waals surface area contributed by atoms with Gasteiger partial charge in [0.15, 0.2) is 0 Å². The van der Waals surface area contributed by atoms with Gasteiger partial charge in [-0.3, -0.25) is 4.90 Å². The van der Waals surface area contributed by atoms with Crippen molar-refractivity contribution in [3.63, 3.8) is 0 Å². The van der Waals surface area contributed by atoms with Crippen molar-refractivity contribution in [3.8, 4) is 0 Å². The van der Waals surface area contributed by atoms with Crippen LogP contribution in [0.4, 0.5) is 14.5 Å².